The summed E-state index contributed by atoms with van der Waals surface area (Å²) in [5, 5.41) is 14.1. The molecule has 0 aliphatic carbocycles. The molecule has 17 heavy (non-hydrogen) atoms. The maximum absolute atomic E-state index is 11.5. The van der Waals surface area contributed by atoms with E-state index in [1.807, 2.05) is 19.0 Å². The van der Waals surface area contributed by atoms with Gasteiger partial charge in [0.2, 0.25) is 0 Å². The van der Waals surface area contributed by atoms with Crippen molar-refractivity contribution in [3.63, 3.8) is 0 Å². The molecule has 0 saturated heterocycles. The lowest BCUT2D eigenvalue weighted by Gasteiger charge is -2.27. The molecule has 0 spiro atoms. The highest BCUT2D eigenvalue weighted by Crippen LogP contribution is 2.19. The van der Waals surface area contributed by atoms with Crippen molar-refractivity contribution in [3.8, 4) is 0 Å². The van der Waals surface area contributed by atoms with Gasteiger partial charge >= 0.3 is 12.0 Å². The fraction of sp³-hybridized carbons (Fsp3) is 0.818. The van der Waals surface area contributed by atoms with Crippen LogP contribution in [0.1, 0.15) is 20.8 Å². The van der Waals surface area contributed by atoms with Crippen LogP contribution in [0.5, 0.6) is 0 Å². The quantitative estimate of drug-likeness (QED) is 0.652. The molecular weight excluding hydrogens is 222 g/mol. The number of nitrogens with zero attached hydrogens (tertiary/aromatic N) is 1. The zero-order valence-electron chi connectivity index (χ0n) is 11.2. The van der Waals surface area contributed by atoms with Crippen molar-refractivity contribution < 1.29 is 14.7 Å². The zero-order valence-corrected chi connectivity index (χ0v) is 11.2. The predicted octanol–water partition coefficient (Wildman–Crippen LogP) is 0.347. The Bertz CT molecular complexity index is 272. The van der Waals surface area contributed by atoms with Crippen LogP contribution in [0.2, 0.25) is 0 Å². The van der Waals surface area contributed by atoms with Gasteiger partial charge in [-0.3, -0.25) is 0 Å². The van der Waals surface area contributed by atoms with Gasteiger partial charge in [-0.2, -0.15) is 0 Å². The molecule has 100 valence electrons. The Morgan fingerprint density at radius 3 is 2.18 bits per heavy atom. The van der Waals surface area contributed by atoms with Crippen LogP contribution in [0.25, 0.3) is 0 Å². The van der Waals surface area contributed by atoms with Gasteiger partial charge in [-0.15, -0.1) is 0 Å². The molecule has 0 rings (SSSR count). The second-order valence-corrected chi connectivity index (χ2v) is 5.34. The van der Waals surface area contributed by atoms with E-state index in [0.717, 1.165) is 0 Å². The molecule has 1 atom stereocenters. The first-order valence-corrected chi connectivity index (χ1v) is 5.56. The van der Waals surface area contributed by atoms with Gasteiger partial charge in [-0.25, -0.2) is 9.59 Å². The zero-order chi connectivity index (χ0) is 13.6. The minimum absolute atomic E-state index is 0.450. The molecule has 0 aromatic heterocycles. The highest BCUT2D eigenvalue weighted by molar-refractivity contribution is 5.83. The molecule has 0 aliphatic rings. The third-order valence-corrected chi connectivity index (χ3v) is 2.23. The van der Waals surface area contributed by atoms with Gasteiger partial charge in [0.25, 0.3) is 0 Å². The number of carbonyl (C=O) groups is 2. The van der Waals surface area contributed by atoms with E-state index in [1.165, 1.54) is 0 Å². The number of hydrogen-bond donors (Lipinski definition) is 3. The van der Waals surface area contributed by atoms with E-state index in [9.17, 15) is 9.59 Å². The summed E-state index contributed by atoms with van der Waals surface area (Å²) in [6.07, 6.45) is 0. The van der Waals surface area contributed by atoms with Gasteiger partial charge in [0.1, 0.15) is 6.04 Å². The standard InChI is InChI=1S/C11H23N3O3/c1-11(2,3)8(9(15)16)13-10(17)12-6-7-14(4)5/h8H,6-7H2,1-5H3,(H,15,16)(H2,12,13,17)/t8-/m1/s1. The molecule has 6 nitrogen and oxygen atoms in total. The van der Waals surface area contributed by atoms with E-state index in [2.05, 4.69) is 10.6 Å². The van der Waals surface area contributed by atoms with Crippen molar-refractivity contribution in [1.29, 1.82) is 0 Å². The van der Waals surface area contributed by atoms with Gasteiger partial charge in [-0.1, -0.05) is 20.8 Å². The maximum atomic E-state index is 11.5. The highest BCUT2D eigenvalue weighted by atomic mass is 16.4. The summed E-state index contributed by atoms with van der Waals surface area (Å²) in [5.74, 6) is -1.03. The Balaban J connectivity index is 4.20. The van der Waals surface area contributed by atoms with E-state index in [0.29, 0.717) is 13.1 Å². The fourth-order valence-corrected chi connectivity index (χ4v) is 1.22. The van der Waals surface area contributed by atoms with Crippen molar-refractivity contribution in [1.82, 2.24) is 15.5 Å². The van der Waals surface area contributed by atoms with Crippen LogP contribution in [0.4, 0.5) is 4.79 Å². The van der Waals surface area contributed by atoms with E-state index < -0.39 is 23.5 Å². The number of rotatable bonds is 5. The summed E-state index contributed by atoms with van der Waals surface area (Å²) in [5.41, 5.74) is -0.523. The molecule has 0 heterocycles. The number of urea groups is 1. The molecular formula is C11H23N3O3. The Morgan fingerprint density at radius 2 is 1.82 bits per heavy atom. The van der Waals surface area contributed by atoms with Crippen molar-refractivity contribution in [2.24, 2.45) is 5.41 Å². The molecule has 0 bridgehead atoms. The largest absolute Gasteiger partial charge is 0.480 e. The number of carbonyl (C=O) groups excluding carboxylic acids is 1. The predicted molar refractivity (Wildman–Crippen MR) is 66.0 cm³/mol. The van der Waals surface area contributed by atoms with Crippen LogP contribution in [0, 0.1) is 5.41 Å². The molecule has 0 aliphatic heterocycles. The summed E-state index contributed by atoms with van der Waals surface area (Å²) in [6.45, 7) is 6.50. The van der Waals surface area contributed by atoms with Crippen LogP contribution in [0.3, 0.4) is 0 Å². The fourth-order valence-electron chi connectivity index (χ4n) is 1.22. The van der Waals surface area contributed by atoms with Crippen molar-refractivity contribution >= 4 is 12.0 Å². The van der Waals surface area contributed by atoms with Crippen LogP contribution in [-0.2, 0) is 4.79 Å². The number of carboxylic acids is 1. The lowest BCUT2D eigenvalue weighted by molar-refractivity contribution is -0.141. The van der Waals surface area contributed by atoms with E-state index >= 15 is 0 Å². The molecule has 0 aromatic rings. The lowest BCUT2D eigenvalue weighted by Crippen LogP contribution is -2.52. The molecule has 3 N–H and O–H groups in total. The van der Waals surface area contributed by atoms with Crippen molar-refractivity contribution in [2.45, 2.75) is 26.8 Å². The number of hydrogen-bond acceptors (Lipinski definition) is 3. The minimum Gasteiger partial charge on any atom is -0.480 e. The smallest absolute Gasteiger partial charge is 0.326 e. The molecule has 0 aromatic carbocycles. The Kier molecular flexibility index (Phi) is 5.95. The van der Waals surface area contributed by atoms with Gasteiger partial charge in [-0.05, 0) is 19.5 Å². The number of likely N-dealkylation sites (N-methyl/N-ethyl adjacent to an activating group) is 1. The Morgan fingerprint density at radius 1 is 1.29 bits per heavy atom. The SMILES string of the molecule is CN(C)CCNC(=O)N[C@H](C(=O)O)C(C)(C)C. The first-order valence-electron chi connectivity index (χ1n) is 5.56. The van der Waals surface area contributed by atoms with Crippen LogP contribution >= 0.6 is 0 Å². The minimum atomic E-state index is -1.03. The molecule has 0 saturated carbocycles. The average molecular weight is 245 g/mol. The average Bonchev–Trinajstić information content (AvgIpc) is 2.11. The molecule has 0 fully saturated rings. The number of aliphatic carboxylic acids is 1. The summed E-state index contributed by atoms with van der Waals surface area (Å²) in [4.78, 5) is 24.4. The normalized spacial score (nSPS) is 13.3. The van der Waals surface area contributed by atoms with Crippen LogP contribution in [-0.4, -0.2) is 55.2 Å². The van der Waals surface area contributed by atoms with Gasteiger partial charge < -0.3 is 20.6 Å². The van der Waals surface area contributed by atoms with Crippen LogP contribution < -0.4 is 10.6 Å². The lowest BCUT2D eigenvalue weighted by atomic mass is 9.87. The summed E-state index contributed by atoms with van der Waals surface area (Å²) < 4.78 is 0. The molecule has 6 heteroatoms. The molecule has 2 amide bonds. The van der Waals surface area contributed by atoms with Gasteiger partial charge in [0.15, 0.2) is 0 Å². The van der Waals surface area contributed by atoms with Crippen molar-refractivity contribution in [3.05, 3.63) is 0 Å². The first kappa shape index (κ1) is 15.7. The Hall–Kier alpha value is -1.30. The topological polar surface area (TPSA) is 81.7 Å². The van der Waals surface area contributed by atoms with Crippen molar-refractivity contribution in [2.75, 3.05) is 27.2 Å². The summed E-state index contributed by atoms with van der Waals surface area (Å²) in [6, 6.07) is -1.35. The third kappa shape index (κ3) is 6.78. The van der Waals surface area contributed by atoms with E-state index in [4.69, 9.17) is 5.11 Å². The monoisotopic (exact) mass is 245 g/mol. The first-order chi connectivity index (χ1) is 7.64. The summed E-state index contributed by atoms with van der Waals surface area (Å²) >= 11 is 0. The van der Waals surface area contributed by atoms with Crippen LogP contribution in [0.15, 0.2) is 0 Å². The number of carboxylic acid groups (broad SMARTS) is 1. The third-order valence-electron chi connectivity index (χ3n) is 2.23. The van der Waals surface area contributed by atoms with E-state index in [1.54, 1.807) is 20.8 Å². The maximum Gasteiger partial charge on any atom is 0.326 e. The highest BCUT2D eigenvalue weighted by Gasteiger charge is 2.32. The molecule has 0 unspecified atom stereocenters. The number of nitrogens with one attached hydrogen (secondary N) is 2. The Labute approximate surface area is 102 Å². The number of amides is 2. The van der Waals surface area contributed by atoms with Gasteiger partial charge in [0.05, 0.1) is 0 Å². The van der Waals surface area contributed by atoms with Gasteiger partial charge in [0, 0.05) is 13.1 Å². The second kappa shape index (κ2) is 6.44. The molecule has 0 radical (unpaired) electrons. The van der Waals surface area contributed by atoms with E-state index in [-0.39, 0.29) is 0 Å². The summed E-state index contributed by atoms with van der Waals surface area (Å²) in [7, 11) is 3.80. The second-order valence-electron chi connectivity index (χ2n) is 5.34.